The second-order valence-corrected chi connectivity index (χ2v) is 4.45. The molecule has 1 amide bonds. The molecule has 0 bridgehead atoms. The van der Waals surface area contributed by atoms with E-state index in [4.69, 9.17) is 0 Å². The maximum absolute atomic E-state index is 12.9. The smallest absolute Gasteiger partial charge is 0.282 e. The van der Waals surface area contributed by atoms with E-state index in [1.165, 1.54) is 12.1 Å². The first-order valence-corrected chi connectivity index (χ1v) is 6.04. The summed E-state index contributed by atoms with van der Waals surface area (Å²) in [5.41, 5.74) is 0.696. The van der Waals surface area contributed by atoms with Crippen molar-refractivity contribution in [1.29, 1.82) is 0 Å². The van der Waals surface area contributed by atoms with E-state index in [0.29, 0.717) is 10.7 Å². The number of hydrogen-bond donors (Lipinski definition) is 2. The van der Waals surface area contributed by atoms with E-state index >= 15 is 0 Å². The number of carbonyl (C=O) groups is 1. The van der Waals surface area contributed by atoms with Crippen molar-refractivity contribution >= 4 is 22.4 Å². The third kappa shape index (κ3) is 3.01. The molecule has 0 fully saturated rings. The van der Waals surface area contributed by atoms with Crippen molar-refractivity contribution in [3.63, 3.8) is 0 Å². The predicted octanol–water partition coefficient (Wildman–Crippen LogP) is 1.65. The van der Waals surface area contributed by atoms with Crippen LogP contribution in [0.3, 0.4) is 0 Å². The van der Waals surface area contributed by atoms with Crippen LogP contribution in [0.15, 0.2) is 24.3 Å². The number of rotatable bonds is 4. The van der Waals surface area contributed by atoms with Gasteiger partial charge in [0.15, 0.2) is 0 Å². The Morgan fingerprint density at radius 2 is 2.28 bits per heavy atom. The van der Waals surface area contributed by atoms with E-state index in [2.05, 4.69) is 20.8 Å². The van der Waals surface area contributed by atoms with Gasteiger partial charge >= 0.3 is 0 Å². The fourth-order valence-electron chi connectivity index (χ4n) is 1.32. The molecule has 1 heterocycles. The molecular weight excluding hydrogens is 255 g/mol. The summed E-state index contributed by atoms with van der Waals surface area (Å²) in [4.78, 5) is 11.7. The Morgan fingerprint density at radius 3 is 2.94 bits per heavy atom. The monoisotopic (exact) mass is 266 g/mol. The van der Waals surface area contributed by atoms with Gasteiger partial charge in [0.2, 0.25) is 10.1 Å². The van der Waals surface area contributed by atoms with Crippen LogP contribution in [-0.4, -0.2) is 23.2 Å². The lowest BCUT2D eigenvalue weighted by atomic mass is 10.2. The predicted molar refractivity (Wildman–Crippen MR) is 67.0 cm³/mol. The van der Waals surface area contributed by atoms with E-state index in [0.717, 1.165) is 11.3 Å². The number of aromatic nitrogens is 2. The highest BCUT2D eigenvalue weighted by molar-refractivity contribution is 7.17. The molecule has 2 rings (SSSR count). The van der Waals surface area contributed by atoms with Gasteiger partial charge in [-0.3, -0.25) is 4.79 Å². The van der Waals surface area contributed by atoms with Gasteiger partial charge in [-0.15, -0.1) is 10.2 Å². The van der Waals surface area contributed by atoms with Crippen molar-refractivity contribution in [2.45, 2.75) is 6.54 Å². The summed E-state index contributed by atoms with van der Waals surface area (Å²) < 4.78 is 12.9. The first-order chi connectivity index (χ1) is 8.69. The van der Waals surface area contributed by atoms with Crippen LogP contribution in [0, 0.1) is 5.82 Å². The standard InChI is InChI=1S/C11H11FN4OS/c1-13-11-16-15-10(18-11)9(17)14-6-7-3-2-4-8(12)5-7/h2-5H,6H2,1H3,(H,13,16)(H,14,17). The van der Waals surface area contributed by atoms with E-state index in [-0.39, 0.29) is 23.3 Å². The number of benzene rings is 1. The molecule has 94 valence electrons. The zero-order valence-electron chi connectivity index (χ0n) is 9.61. The summed E-state index contributed by atoms with van der Waals surface area (Å²) in [6.07, 6.45) is 0. The van der Waals surface area contributed by atoms with Crippen molar-refractivity contribution in [2.75, 3.05) is 12.4 Å². The minimum absolute atomic E-state index is 0.255. The average Bonchev–Trinajstić information content (AvgIpc) is 2.85. The summed E-state index contributed by atoms with van der Waals surface area (Å²) in [6.45, 7) is 0.255. The molecule has 1 aromatic carbocycles. The molecule has 2 N–H and O–H groups in total. The third-order valence-electron chi connectivity index (χ3n) is 2.18. The van der Waals surface area contributed by atoms with Gasteiger partial charge in [0, 0.05) is 13.6 Å². The maximum Gasteiger partial charge on any atom is 0.282 e. The highest BCUT2D eigenvalue weighted by Gasteiger charge is 2.11. The van der Waals surface area contributed by atoms with Crippen LogP contribution in [-0.2, 0) is 6.54 Å². The molecule has 0 radical (unpaired) electrons. The topological polar surface area (TPSA) is 66.9 Å². The van der Waals surface area contributed by atoms with Gasteiger partial charge in [-0.25, -0.2) is 4.39 Å². The number of hydrogen-bond acceptors (Lipinski definition) is 5. The second kappa shape index (κ2) is 5.54. The number of halogens is 1. The molecule has 0 unspecified atom stereocenters. The minimum atomic E-state index is -0.324. The Bertz CT molecular complexity index is 557. The van der Waals surface area contributed by atoms with Gasteiger partial charge in [-0.2, -0.15) is 0 Å². The lowest BCUT2D eigenvalue weighted by Gasteiger charge is -2.02. The summed E-state index contributed by atoms with van der Waals surface area (Å²) in [5.74, 6) is -0.645. The van der Waals surface area contributed by atoms with Crippen molar-refractivity contribution in [3.05, 3.63) is 40.7 Å². The molecule has 5 nitrogen and oxygen atoms in total. The van der Waals surface area contributed by atoms with Crippen LogP contribution in [0.25, 0.3) is 0 Å². The lowest BCUT2D eigenvalue weighted by molar-refractivity contribution is 0.0949. The Kier molecular flexibility index (Phi) is 3.83. The van der Waals surface area contributed by atoms with E-state index < -0.39 is 0 Å². The van der Waals surface area contributed by atoms with Crippen LogP contribution in [0.5, 0.6) is 0 Å². The van der Waals surface area contributed by atoms with Crippen molar-refractivity contribution in [1.82, 2.24) is 15.5 Å². The van der Waals surface area contributed by atoms with E-state index in [1.807, 2.05) is 0 Å². The maximum atomic E-state index is 12.9. The normalized spacial score (nSPS) is 10.1. The second-order valence-electron chi connectivity index (χ2n) is 3.47. The molecule has 0 atom stereocenters. The minimum Gasteiger partial charge on any atom is -0.363 e. The summed E-state index contributed by atoms with van der Waals surface area (Å²) in [5, 5.41) is 13.8. The first kappa shape index (κ1) is 12.4. The van der Waals surface area contributed by atoms with E-state index in [9.17, 15) is 9.18 Å². The molecule has 0 spiro atoms. The summed E-state index contributed by atoms with van der Waals surface area (Å²) in [6, 6.07) is 6.07. The number of nitrogens with zero attached hydrogens (tertiary/aromatic N) is 2. The molecule has 0 saturated carbocycles. The van der Waals surface area contributed by atoms with Gasteiger partial charge < -0.3 is 10.6 Å². The zero-order valence-corrected chi connectivity index (χ0v) is 10.4. The quantitative estimate of drug-likeness (QED) is 0.883. The van der Waals surface area contributed by atoms with Gasteiger partial charge in [-0.1, -0.05) is 23.5 Å². The number of carbonyl (C=O) groups excluding carboxylic acids is 1. The fourth-order valence-corrected chi connectivity index (χ4v) is 1.93. The van der Waals surface area contributed by atoms with Crippen molar-refractivity contribution in [3.8, 4) is 0 Å². The first-order valence-electron chi connectivity index (χ1n) is 5.23. The fraction of sp³-hybridized carbons (Fsp3) is 0.182. The molecule has 0 aliphatic rings. The Hall–Kier alpha value is -2.02. The molecule has 2 aromatic rings. The van der Waals surface area contributed by atoms with Crippen LogP contribution >= 0.6 is 11.3 Å². The molecular formula is C11H11FN4OS. The molecule has 0 aliphatic heterocycles. The van der Waals surface area contributed by atoms with Crippen LogP contribution in [0.2, 0.25) is 0 Å². The van der Waals surface area contributed by atoms with E-state index in [1.54, 1.807) is 19.2 Å². The molecule has 18 heavy (non-hydrogen) atoms. The van der Waals surface area contributed by atoms with Crippen LogP contribution in [0.4, 0.5) is 9.52 Å². The number of amides is 1. The number of nitrogens with one attached hydrogen (secondary N) is 2. The van der Waals surface area contributed by atoms with Gasteiger partial charge in [0.05, 0.1) is 0 Å². The highest BCUT2D eigenvalue weighted by Crippen LogP contribution is 2.14. The molecule has 7 heteroatoms. The summed E-state index contributed by atoms with van der Waals surface area (Å²) in [7, 11) is 1.70. The SMILES string of the molecule is CNc1nnc(C(=O)NCc2cccc(F)c2)s1. The highest BCUT2D eigenvalue weighted by atomic mass is 32.1. The Labute approximate surface area is 107 Å². The lowest BCUT2D eigenvalue weighted by Crippen LogP contribution is -2.22. The van der Waals surface area contributed by atoms with Crippen molar-refractivity contribution in [2.24, 2.45) is 0 Å². The van der Waals surface area contributed by atoms with Gasteiger partial charge in [0.25, 0.3) is 5.91 Å². The van der Waals surface area contributed by atoms with Crippen LogP contribution < -0.4 is 10.6 Å². The Morgan fingerprint density at radius 1 is 1.44 bits per heavy atom. The van der Waals surface area contributed by atoms with Crippen LogP contribution in [0.1, 0.15) is 15.4 Å². The molecule has 1 aromatic heterocycles. The van der Waals surface area contributed by atoms with Crippen molar-refractivity contribution < 1.29 is 9.18 Å². The van der Waals surface area contributed by atoms with Gasteiger partial charge in [0.1, 0.15) is 5.82 Å². The number of anilines is 1. The average molecular weight is 266 g/mol. The largest absolute Gasteiger partial charge is 0.363 e. The zero-order chi connectivity index (χ0) is 13.0. The molecule has 0 saturated heterocycles. The molecule has 0 aliphatic carbocycles. The third-order valence-corrected chi connectivity index (χ3v) is 3.11. The van der Waals surface area contributed by atoms with Gasteiger partial charge in [-0.05, 0) is 17.7 Å². The Balaban J connectivity index is 1.96. The summed E-state index contributed by atoms with van der Waals surface area (Å²) >= 11 is 1.16.